The molecule has 8 heteroatoms. The molecule has 0 fully saturated rings. The van der Waals surface area contributed by atoms with Crippen LogP contribution < -0.4 is 15.0 Å². The van der Waals surface area contributed by atoms with Gasteiger partial charge in [-0.05, 0) is 24.7 Å². The number of hydrogen-bond donors (Lipinski definition) is 2. The zero-order chi connectivity index (χ0) is 21.8. The third-order valence-corrected chi connectivity index (χ3v) is 5.02. The number of benzene rings is 2. The Labute approximate surface area is 181 Å². The maximum absolute atomic E-state index is 10.2. The normalized spacial score (nSPS) is 11.1. The summed E-state index contributed by atoms with van der Waals surface area (Å²) in [6.07, 6.45) is 5.46. The fourth-order valence-corrected chi connectivity index (χ4v) is 3.48. The van der Waals surface area contributed by atoms with Crippen molar-refractivity contribution >= 4 is 22.4 Å². The minimum absolute atomic E-state index is 0.155. The smallest absolute Gasteiger partial charge is 0.124 e. The highest BCUT2D eigenvalue weighted by molar-refractivity contribution is 5.82. The average Bonchev–Trinajstić information content (AvgIpc) is 3.22. The Kier molecular flexibility index (Phi) is 5.99. The monoisotopic (exact) mass is 418 g/mol. The lowest BCUT2D eigenvalue weighted by atomic mass is 10.2. The van der Waals surface area contributed by atoms with Crippen LogP contribution in [-0.2, 0) is 7.05 Å². The minimum Gasteiger partial charge on any atom is -0.508 e. The lowest BCUT2D eigenvalue weighted by molar-refractivity contribution is 0.408. The number of methoxy groups -OCH3 is 1. The van der Waals surface area contributed by atoms with Crippen molar-refractivity contribution in [1.82, 2.24) is 25.1 Å². The van der Waals surface area contributed by atoms with Crippen LogP contribution in [0.3, 0.4) is 0 Å². The van der Waals surface area contributed by atoms with Crippen LogP contribution in [0.15, 0.2) is 55.0 Å². The van der Waals surface area contributed by atoms with Gasteiger partial charge in [0.05, 0.1) is 36.2 Å². The van der Waals surface area contributed by atoms with Gasteiger partial charge in [-0.15, -0.1) is 0 Å². The number of ether oxygens (including phenoxy) is 1. The lowest BCUT2D eigenvalue weighted by Gasteiger charge is -2.26. The van der Waals surface area contributed by atoms with Gasteiger partial charge in [-0.3, -0.25) is 9.67 Å². The predicted molar refractivity (Wildman–Crippen MR) is 122 cm³/mol. The molecule has 2 aromatic heterocycles. The van der Waals surface area contributed by atoms with Crippen LogP contribution in [0, 0.1) is 0 Å². The third-order valence-electron chi connectivity index (χ3n) is 5.02. The molecule has 160 valence electrons. The quantitative estimate of drug-likeness (QED) is 0.424. The number of likely N-dealkylation sites (N-methyl/N-ethyl adjacent to an activating group) is 1. The van der Waals surface area contributed by atoms with Crippen molar-refractivity contribution in [3.63, 3.8) is 0 Å². The summed E-state index contributed by atoms with van der Waals surface area (Å²) < 4.78 is 7.10. The number of rotatable bonds is 8. The largest absolute Gasteiger partial charge is 0.508 e. The molecule has 0 saturated heterocycles. The van der Waals surface area contributed by atoms with Gasteiger partial charge < -0.3 is 20.1 Å². The molecule has 0 radical (unpaired) electrons. The molecular weight excluding hydrogens is 392 g/mol. The number of fused-ring (bicyclic) bond motifs is 1. The Bertz CT molecular complexity index is 1190. The minimum atomic E-state index is 0.155. The van der Waals surface area contributed by atoms with E-state index in [1.54, 1.807) is 36.3 Å². The van der Waals surface area contributed by atoms with Crippen molar-refractivity contribution in [1.29, 1.82) is 0 Å². The SMILES string of the molecule is CCNCCN(c1cc(O)cc(OC)c1)c1ccc2ncc(-c3cnn(C)c3)nc2c1. The molecule has 2 heterocycles. The van der Waals surface area contributed by atoms with Gasteiger partial charge in [-0.2, -0.15) is 5.10 Å². The molecule has 2 aromatic carbocycles. The second-order valence-electron chi connectivity index (χ2n) is 7.23. The van der Waals surface area contributed by atoms with Crippen molar-refractivity contribution < 1.29 is 9.84 Å². The number of aryl methyl sites for hydroxylation is 1. The zero-order valence-corrected chi connectivity index (χ0v) is 17.9. The van der Waals surface area contributed by atoms with Crippen molar-refractivity contribution in [2.75, 3.05) is 31.6 Å². The number of hydrogen-bond acceptors (Lipinski definition) is 7. The number of aromatic hydroxyl groups is 1. The van der Waals surface area contributed by atoms with Gasteiger partial charge in [-0.25, -0.2) is 4.98 Å². The molecule has 0 aliphatic carbocycles. The van der Waals surface area contributed by atoms with Crippen LogP contribution in [0.4, 0.5) is 11.4 Å². The van der Waals surface area contributed by atoms with Crippen LogP contribution in [-0.4, -0.2) is 51.6 Å². The molecule has 0 saturated carbocycles. The second kappa shape index (κ2) is 9.01. The molecule has 8 nitrogen and oxygen atoms in total. The van der Waals surface area contributed by atoms with Crippen LogP contribution in [0.25, 0.3) is 22.3 Å². The molecule has 31 heavy (non-hydrogen) atoms. The zero-order valence-electron chi connectivity index (χ0n) is 17.9. The molecule has 0 aliphatic rings. The first-order valence-corrected chi connectivity index (χ1v) is 10.2. The Morgan fingerprint density at radius 1 is 1.10 bits per heavy atom. The first-order chi connectivity index (χ1) is 15.1. The number of nitrogens with zero attached hydrogens (tertiary/aromatic N) is 5. The van der Waals surface area contributed by atoms with E-state index in [0.717, 1.165) is 46.8 Å². The van der Waals surface area contributed by atoms with E-state index in [0.29, 0.717) is 12.3 Å². The number of aromatic nitrogens is 4. The Hall–Kier alpha value is -3.65. The molecule has 0 bridgehead atoms. The summed E-state index contributed by atoms with van der Waals surface area (Å²) in [6, 6.07) is 11.2. The van der Waals surface area contributed by atoms with Crippen molar-refractivity contribution in [3.8, 4) is 22.8 Å². The van der Waals surface area contributed by atoms with Crippen molar-refractivity contribution in [3.05, 3.63) is 55.0 Å². The number of nitrogens with one attached hydrogen (secondary N) is 1. The Balaban J connectivity index is 1.76. The molecule has 0 spiro atoms. The molecule has 0 unspecified atom stereocenters. The fourth-order valence-electron chi connectivity index (χ4n) is 3.48. The maximum Gasteiger partial charge on any atom is 0.124 e. The van der Waals surface area contributed by atoms with E-state index < -0.39 is 0 Å². The summed E-state index contributed by atoms with van der Waals surface area (Å²) in [4.78, 5) is 11.5. The topological polar surface area (TPSA) is 88.3 Å². The summed E-state index contributed by atoms with van der Waals surface area (Å²) in [6.45, 7) is 4.46. The van der Waals surface area contributed by atoms with Gasteiger partial charge in [0.15, 0.2) is 0 Å². The molecule has 0 amide bonds. The molecule has 4 aromatic rings. The van der Waals surface area contributed by atoms with Gasteiger partial charge in [-0.1, -0.05) is 6.92 Å². The Morgan fingerprint density at radius 2 is 1.97 bits per heavy atom. The number of phenolic OH excluding ortho intramolecular Hbond substituents is 1. The highest BCUT2D eigenvalue weighted by atomic mass is 16.5. The standard InChI is InChI=1S/C23H26N6O2/c1-4-24-7-8-29(18-9-19(30)12-20(10-18)31-3)17-5-6-21-22(11-17)27-23(14-25-21)16-13-26-28(2)15-16/h5-6,9-15,24,30H,4,7-8H2,1-3H3. The van der Waals surface area contributed by atoms with E-state index in [9.17, 15) is 5.11 Å². The summed E-state index contributed by atoms with van der Waals surface area (Å²) in [5, 5.41) is 17.8. The van der Waals surface area contributed by atoms with Crippen LogP contribution in [0.1, 0.15) is 6.92 Å². The van der Waals surface area contributed by atoms with E-state index in [1.807, 2.05) is 37.5 Å². The van der Waals surface area contributed by atoms with E-state index in [4.69, 9.17) is 9.72 Å². The summed E-state index contributed by atoms with van der Waals surface area (Å²) in [7, 11) is 3.47. The lowest BCUT2D eigenvalue weighted by Crippen LogP contribution is -2.28. The van der Waals surface area contributed by atoms with Crippen LogP contribution >= 0.6 is 0 Å². The van der Waals surface area contributed by atoms with Crippen LogP contribution in [0.2, 0.25) is 0 Å². The van der Waals surface area contributed by atoms with E-state index in [1.165, 1.54) is 0 Å². The van der Waals surface area contributed by atoms with Crippen molar-refractivity contribution in [2.24, 2.45) is 7.05 Å². The summed E-state index contributed by atoms with van der Waals surface area (Å²) >= 11 is 0. The van der Waals surface area contributed by atoms with Gasteiger partial charge >= 0.3 is 0 Å². The molecule has 0 atom stereocenters. The highest BCUT2D eigenvalue weighted by Gasteiger charge is 2.14. The maximum atomic E-state index is 10.2. The number of phenols is 1. The third kappa shape index (κ3) is 4.59. The second-order valence-corrected chi connectivity index (χ2v) is 7.23. The highest BCUT2D eigenvalue weighted by Crippen LogP contribution is 2.33. The van der Waals surface area contributed by atoms with Gasteiger partial charge in [0.25, 0.3) is 0 Å². The molecule has 0 aliphatic heterocycles. The molecule has 4 rings (SSSR count). The predicted octanol–water partition coefficient (Wildman–Crippen LogP) is 3.49. The first-order valence-electron chi connectivity index (χ1n) is 10.2. The van der Waals surface area contributed by atoms with E-state index in [-0.39, 0.29) is 5.75 Å². The average molecular weight is 419 g/mol. The van der Waals surface area contributed by atoms with Crippen LogP contribution in [0.5, 0.6) is 11.5 Å². The molecular formula is C23H26N6O2. The fraction of sp³-hybridized carbons (Fsp3) is 0.261. The summed E-state index contributed by atoms with van der Waals surface area (Å²) in [5.41, 5.74) is 5.09. The molecule has 2 N–H and O–H groups in total. The Morgan fingerprint density at radius 3 is 2.71 bits per heavy atom. The van der Waals surface area contributed by atoms with E-state index in [2.05, 4.69) is 27.2 Å². The van der Waals surface area contributed by atoms with Gasteiger partial charge in [0.1, 0.15) is 11.5 Å². The number of anilines is 2. The van der Waals surface area contributed by atoms with Gasteiger partial charge in [0, 0.05) is 61.5 Å². The van der Waals surface area contributed by atoms with E-state index >= 15 is 0 Å². The van der Waals surface area contributed by atoms with Crippen molar-refractivity contribution in [2.45, 2.75) is 6.92 Å². The first kappa shape index (κ1) is 20.6. The van der Waals surface area contributed by atoms with Gasteiger partial charge in [0.2, 0.25) is 0 Å². The summed E-state index contributed by atoms with van der Waals surface area (Å²) in [5.74, 6) is 0.755.